The molecule has 0 bridgehead atoms. The van der Waals surface area contributed by atoms with E-state index in [9.17, 15) is 10.1 Å². The molecular weight excluding hydrogens is 448 g/mol. The van der Waals surface area contributed by atoms with Gasteiger partial charge >= 0.3 is 0 Å². The van der Waals surface area contributed by atoms with Gasteiger partial charge in [0.2, 0.25) is 5.78 Å². The van der Waals surface area contributed by atoms with Crippen molar-refractivity contribution in [2.24, 2.45) is 0 Å². The second-order valence-electron chi connectivity index (χ2n) is 7.69. The third-order valence-corrected chi connectivity index (χ3v) is 5.47. The molecule has 0 aliphatic rings. The lowest BCUT2D eigenvalue weighted by Crippen LogP contribution is -2.13. The standard InChI is InChI=1S/C26H23ClN6O/c1-18-6-8-19(9-7-18)25(34)24-22(17-28)26(33(32-24)21-12-10-20(27)11-13-21)31-16-4-15-30-23-5-2-3-14-29-23/h2-3,5-14,31H,4,15-16H2,1H3,(H,29,30). The Kier molecular flexibility index (Phi) is 7.21. The van der Waals surface area contributed by atoms with Gasteiger partial charge < -0.3 is 10.6 Å². The number of nitrogens with one attached hydrogen (secondary N) is 2. The maximum atomic E-state index is 13.2. The molecule has 4 rings (SSSR count). The molecule has 0 aliphatic heterocycles. The van der Waals surface area contributed by atoms with Crippen molar-refractivity contribution < 1.29 is 4.79 Å². The van der Waals surface area contributed by atoms with E-state index in [0.29, 0.717) is 35.2 Å². The topological polar surface area (TPSA) is 95.6 Å². The molecule has 7 nitrogen and oxygen atoms in total. The number of aromatic nitrogens is 3. The summed E-state index contributed by atoms with van der Waals surface area (Å²) in [7, 11) is 0. The van der Waals surface area contributed by atoms with Crippen molar-refractivity contribution in [1.29, 1.82) is 5.26 Å². The lowest BCUT2D eigenvalue weighted by Gasteiger charge is -2.11. The Hall–Kier alpha value is -4.15. The molecule has 2 aromatic carbocycles. The van der Waals surface area contributed by atoms with Gasteiger partial charge in [-0.25, -0.2) is 9.67 Å². The number of carbonyl (C=O) groups is 1. The van der Waals surface area contributed by atoms with Crippen LogP contribution in [0.4, 0.5) is 11.6 Å². The van der Waals surface area contributed by atoms with Gasteiger partial charge in [-0.15, -0.1) is 0 Å². The quantitative estimate of drug-likeness (QED) is 0.256. The van der Waals surface area contributed by atoms with Crippen LogP contribution in [0.25, 0.3) is 5.69 Å². The molecule has 0 aliphatic carbocycles. The SMILES string of the molecule is Cc1ccc(C(=O)c2nn(-c3ccc(Cl)cc3)c(NCCCNc3ccccn3)c2C#N)cc1. The zero-order valence-electron chi connectivity index (χ0n) is 18.6. The van der Waals surface area contributed by atoms with Crippen molar-refractivity contribution in [3.8, 4) is 11.8 Å². The predicted molar refractivity (Wildman–Crippen MR) is 134 cm³/mol. The first kappa shape index (κ1) is 23.0. The van der Waals surface area contributed by atoms with E-state index in [-0.39, 0.29) is 17.0 Å². The minimum atomic E-state index is -0.302. The fourth-order valence-corrected chi connectivity index (χ4v) is 3.56. The van der Waals surface area contributed by atoms with E-state index >= 15 is 0 Å². The Morgan fingerprint density at radius 3 is 2.44 bits per heavy atom. The Balaban J connectivity index is 1.60. The summed E-state index contributed by atoms with van der Waals surface area (Å²) in [5.41, 5.74) is 2.53. The van der Waals surface area contributed by atoms with Crippen LogP contribution in [0.5, 0.6) is 0 Å². The van der Waals surface area contributed by atoms with Gasteiger partial charge in [0.25, 0.3) is 0 Å². The summed E-state index contributed by atoms with van der Waals surface area (Å²) >= 11 is 6.05. The van der Waals surface area contributed by atoms with Gasteiger partial charge in [-0.2, -0.15) is 10.4 Å². The number of aryl methyl sites for hydroxylation is 1. The molecule has 2 heterocycles. The fourth-order valence-electron chi connectivity index (χ4n) is 3.44. The van der Waals surface area contributed by atoms with Gasteiger partial charge in [-0.05, 0) is 49.7 Å². The largest absolute Gasteiger partial charge is 0.370 e. The molecule has 0 saturated carbocycles. The van der Waals surface area contributed by atoms with Crippen LogP contribution < -0.4 is 10.6 Å². The van der Waals surface area contributed by atoms with Crippen LogP contribution in [-0.2, 0) is 0 Å². The lowest BCUT2D eigenvalue weighted by molar-refractivity contribution is 0.103. The molecule has 170 valence electrons. The summed E-state index contributed by atoms with van der Waals surface area (Å²) in [6, 6.07) is 22.2. The highest BCUT2D eigenvalue weighted by molar-refractivity contribution is 6.30. The van der Waals surface area contributed by atoms with Crippen LogP contribution in [0.3, 0.4) is 0 Å². The maximum Gasteiger partial charge on any atom is 0.214 e. The van der Waals surface area contributed by atoms with Crippen molar-refractivity contribution in [2.45, 2.75) is 13.3 Å². The smallest absolute Gasteiger partial charge is 0.214 e. The highest BCUT2D eigenvalue weighted by Gasteiger charge is 2.25. The zero-order chi connectivity index (χ0) is 23.9. The molecule has 0 atom stereocenters. The van der Waals surface area contributed by atoms with E-state index in [1.807, 2.05) is 37.3 Å². The first-order chi connectivity index (χ1) is 16.6. The Morgan fingerprint density at radius 1 is 1.03 bits per heavy atom. The summed E-state index contributed by atoms with van der Waals surface area (Å²) < 4.78 is 1.59. The number of rotatable bonds is 9. The molecule has 8 heteroatoms. The Morgan fingerprint density at radius 2 is 1.76 bits per heavy atom. The van der Waals surface area contributed by atoms with Crippen molar-refractivity contribution in [1.82, 2.24) is 14.8 Å². The Bertz CT molecular complexity index is 1310. The molecule has 0 radical (unpaired) electrons. The average Bonchev–Trinajstić information content (AvgIpc) is 3.23. The van der Waals surface area contributed by atoms with Crippen LogP contribution in [0.15, 0.2) is 72.9 Å². The third kappa shape index (κ3) is 5.25. The molecule has 0 unspecified atom stereocenters. The molecule has 0 fully saturated rings. The van der Waals surface area contributed by atoms with Gasteiger partial charge in [-0.3, -0.25) is 4.79 Å². The number of halogens is 1. The summed E-state index contributed by atoms with van der Waals surface area (Å²) in [5.74, 6) is 0.972. The number of hydrogen-bond acceptors (Lipinski definition) is 6. The van der Waals surface area contributed by atoms with Crippen LogP contribution >= 0.6 is 11.6 Å². The minimum absolute atomic E-state index is 0.107. The predicted octanol–water partition coefficient (Wildman–Crippen LogP) is 5.25. The highest BCUT2D eigenvalue weighted by Crippen LogP contribution is 2.26. The summed E-state index contributed by atoms with van der Waals surface area (Å²) in [6.45, 7) is 3.21. The summed E-state index contributed by atoms with van der Waals surface area (Å²) in [6.07, 6.45) is 2.49. The van der Waals surface area contributed by atoms with Crippen molar-refractivity contribution >= 4 is 29.0 Å². The minimum Gasteiger partial charge on any atom is -0.370 e. The van der Waals surface area contributed by atoms with Crippen molar-refractivity contribution in [2.75, 3.05) is 23.7 Å². The number of ketones is 1. The summed E-state index contributed by atoms with van der Waals surface area (Å²) in [5, 5.41) is 21.6. The number of carbonyl (C=O) groups excluding carboxylic acids is 1. The summed E-state index contributed by atoms with van der Waals surface area (Å²) in [4.78, 5) is 17.5. The van der Waals surface area contributed by atoms with Gasteiger partial charge in [0.1, 0.15) is 23.3 Å². The zero-order valence-corrected chi connectivity index (χ0v) is 19.4. The molecule has 34 heavy (non-hydrogen) atoms. The highest BCUT2D eigenvalue weighted by atomic mass is 35.5. The number of hydrogen-bond donors (Lipinski definition) is 2. The van der Waals surface area contributed by atoms with Gasteiger partial charge in [0, 0.05) is 29.9 Å². The molecule has 0 saturated heterocycles. The third-order valence-electron chi connectivity index (χ3n) is 5.21. The van der Waals surface area contributed by atoms with E-state index in [1.165, 1.54) is 0 Å². The second kappa shape index (κ2) is 10.6. The van der Waals surface area contributed by atoms with Gasteiger partial charge in [0.05, 0.1) is 5.69 Å². The molecule has 0 spiro atoms. The van der Waals surface area contributed by atoms with E-state index in [0.717, 1.165) is 17.8 Å². The second-order valence-corrected chi connectivity index (χ2v) is 8.13. The number of anilines is 2. The van der Waals surface area contributed by atoms with Crippen LogP contribution in [-0.4, -0.2) is 33.6 Å². The number of nitriles is 1. The van der Waals surface area contributed by atoms with E-state index < -0.39 is 0 Å². The van der Waals surface area contributed by atoms with E-state index in [2.05, 4.69) is 26.8 Å². The lowest BCUT2D eigenvalue weighted by atomic mass is 10.0. The molecule has 2 aromatic heterocycles. The number of pyridine rings is 1. The maximum absolute atomic E-state index is 13.2. The van der Waals surface area contributed by atoms with Gasteiger partial charge in [0.15, 0.2) is 5.69 Å². The van der Waals surface area contributed by atoms with E-state index in [1.54, 1.807) is 47.3 Å². The van der Waals surface area contributed by atoms with Crippen molar-refractivity contribution in [3.63, 3.8) is 0 Å². The Labute approximate surface area is 203 Å². The molecule has 0 amide bonds. The van der Waals surface area contributed by atoms with Gasteiger partial charge in [-0.1, -0.05) is 47.5 Å². The monoisotopic (exact) mass is 470 g/mol. The van der Waals surface area contributed by atoms with Crippen molar-refractivity contribution in [3.05, 3.63) is 100 Å². The fraction of sp³-hybridized carbons (Fsp3) is 0.154. The van der Waals surface area contributed by atoms with E-state index in [4.69, 9.17) is 11.6 Å². The van der Waals surface area contributed by atoms with Crippen LogP contribution in [0.1, 0.15) is 33.6 Å². The average molecular weight is 471 g/mol. The number of nitrogens with zero attached hydrogens (tertiary/aromatic N) is 4. The number of benzene rings is 2. The van der Waals surface area contributed by atoms with Crippen LogP contribution in [0, 0.1) is 18.3 Å². The molecule has 4 aromatic rings. The molecular formula is C26H23ClN6O. The first-order valence-corrected chi connectivity index (χ1v) is 11.2. The normalized spacial score (nSPS) is 10.5. The first-order valence-electron chi connectivity index (χ1n) is 10.9. The van der Waals surface area contributed by atoms with Crippen LogP contribution in [0.2, 0.25) is 5.02 Å². The molecule has 2 N–H and O–H groups in total.